The van der Waals surface area contributed by atoms with Crippen molar-refractivity contribution in [1.29, 1.82) is 0 Å². The van der Waals surface area contributed by atoms with E-state index in [1.165, 1.54) is 12.8 Å². The van der Waals surface area contributed by atoms with Crippen molar-refractivity contribution in [2.75, 3.05) is 19.8 Å². The van der Waals surface area contributed by atoms with E-state index in [-0.39, 0.29) is 6.42 Å². The summed E-state index contributed by atoms with van der Waals surface area (Å²) in [5.74, 6) is -0.792. The lowest BCUT2D eigenvalue weighted by atomic mass is 10.1. The minimum atomic E-state index is -0.792. The maximum Gasteiger partial charge on any atom is 0.305 e. The lowest BCUT2D eigenvalue weighted by Crippen LogP contribution is -2.32. The lowest BCUT2D eigenvalue weighted by Gasteiger charge is -2.17. The van der Waals surface area contributed by atoms with Crippen LogP contribution in [0, 0.1) is 5.41 Å². The SMILES string of the molecule is CC(C)NCC1(COCCC(=O)O)CC1. The molecule has 4 heteroatoms. The smallest absolute Gasteiger partial charge is 0.305 e. The van der Waals surface area contributed by atoms with Crippen molar-refractivity contribution in [3.8, 4) is 0 Å². The molecule has 0 heterocycles. The molecular weight excluding hydrogens is 194 g/mol. The first kappa shape index (κ1) is 12.5. The first-order valence-corrected chi connectivity index (χ1v) is 5.57. The largest absolute Gasteiger partial charge is 0.481 e. The highest BCUT2D eigenvalue weighted by atomic mass is 16.5. The third-order valence-electron chi connectivity index (χ3n) is 2.71. The molecule has 88 valence electrons. The van der Waals surface area contributed by atoms with E-state index in [1.54, 1.807) is 0 Å². The third-order valence-corrected chi connectivity index (χ3v) is 2.71. The fraction of sp³-hybridized carbons (Fsp3) is 0.909. The van der Waals surface area contributed by atoms with Gasteiger partial charge in [0.1, 0.15) is 0 Å². The molecule has 0 aliphatic heterocycles. The van der Waals surface area contributed by atoms with Crippen molar-refractivity contribution in [1.82, 2.24) is 5.32 Å². The number of rotatable bonds is 8. The predicted octanol–water partition coefficient (Wildman–Crippen LogP) is 1.26. The van der Waals surface area contributed by atoms with E-state index in [9.17, 15) is 4.79 Å². The van der Waals surface area contributed by atoms with Gasteiger partial charge in [0.15, 0.2) is 0 Å². The maximum atomic E-state index is 10.3. The van der Waals surface area contributed by atoms with E-state index in [0.29, 0.717) is 24.7 Å². The zero-order valence-corrected chi connectivity index (χ0v) is 9.58. The Balaban J connectivity index is 2.06. The maximum absolute atomic E-state index is 10.3. The first-order valence-electron chi connectivity index (χ1n) is 5.57. The summed E-state index contributed by atoms with van der Waals surface area (Å²) in [4.78, 5) is 10.3. The molecule has 0 atom stereocenters. The van der Waals surface area contributed by atoms with Crippen LogP contribution in [0.2, 0.25) is 0 Å². The number of carbonyl (C=O) groups is 1. The molecule has 0 aromatic carbocycles. The lowest BCUT2D eigenvalue weighted by molar-refractivity contribution is -0.138. The topological polar surface area (TPSA) is 58.6 Å². The number of hydrogen-bond acceptors (Lipinski definition) is 3. The van der Waals surface area contributed by atoms with E-state index in [2.05, 4.69) is 19.2 Å². The Morgan fingerprint density at radius 2 is 2.20 bits per heavy atom. The Bertz CT molecular complexity index is 212. The van der Waals surface area contributed by atoms with Gasteiger partial charge in [-0.2, -0.15) is 0 Å². The second kappa shape index (κ2) is 5.47. The summed E-state index contributed by atoms with van der Waals surface area (Å²) in [6.07, 6.45) is 2.49. The quantitative estimate of drug-likeness (QED) is 0.598. The Kier molecular flexibility index (Phi) is 4.54. The van der Waals surface area contributed by atoms with Crippen molar-refractivity contribution < 1.29 is 14.6 Å². The third kappa shape index (κ3) is 5.14. The highest BCUT2D eigenvalue weighted by molar-refractivity contribution is 5.66. The van der Waals surface area contributed by atoms with Crippen LogP contribution in [-0.2, 0) is 9.53 Å². The van der Waals surface area contributed by atoms with Crippen LogP contribution in [0.25, 0.3) is 0 Å². The predicted molar refractivity (Wildman–Crippen MR) is 57.9 cm³/mol. The summed E-state index contributed by atoms with van der Waals surface area (Å²) in [5, 5.41) is 11.8. The summed E-state index contributed by atoms with van der Waals surface area (Å²) in [6, 6.07) is 0.501. The number of carboxylic acid groups (broad SMARTS) is 1. The summed E-state index contributed by atoms with van der Waals surface area (Å²) >= 11 is 0. The zero-order chi connectivity index (χ0) is 11.3. The fourth-order valence-corrected chi connectivity index (χ4v) is 1.42. The van der Waals surface area contributed by atoms with Crippen molar-refractivity contribution in [3.05, 3.63) is 0 Å². The molecule has 4 nitrogen and oxygen atoms in total. The van der Waals surface area contributed by atoms with Crippen molar-refractivity contribution >= 4 is 5.97 Å². The highest BCUT2D eigenvalue weighted by Crippen LogP contribution is 2.45. The molecule has 1 saturated carbocycles. The standard InChI is InChI=1S/C11H21NO3/c1-9(2)12-7-11(4-5-11)8-15-6-3-10(13)14/h9,12H,3-8H2,1-2H3,(H,13,14). The Labute approximate surface area is 91.0 Å². The summed E-state index contributed by atoms with van der Waals surface area (Å²) < 4.78 is 5.38. The van der Waals surface area contributed by atoms with Crippen LogP contribution >= 0.6 is 0 Å². The Morgan fingerprint density at radius 3 is 2.67 bits per heavy atom. The van der Waals surface area contributed by atoms with Gasteiger partial charge in [-0.3, -0.25) is 4.79 Å². The van der Waals surface area contributed by atoms with Gasteiger partial charge in [0.05, 0.1) is 19.6 Å². The summed E-state index contributed by atoms with van der Waals surface area (Å²) in [7, 11) is 0. The van der Waals surface area contributed by atoms with Crippen molar-refractivity contribution in [3.63, 3.8) is 0 Å². The molecule has 1 fully saturated rings. The molecule has 1 rings (SSSR count). The molecule has 0 radical (unpaired) electrons. The van der Waals surface area contributed by atoms with Gasteiger partial charge in [-0.1, -0.05) is 13.8 Å². The monoisotopic (exact) mass is 215 g/mol. The molecule has 2 N–H and O–H groups in total. The van der Waals surface area contributed by atoms with Crippen LogP contribution in [0.15, 0.2) is 0 Å². The summed E-state index contributed by atoms with van der Waals surface area (Å²) in [6.45, 7) is 6.26. The van der Waals surface area contributed by atoms with E-state index in [0.717, 1.165) is 6.54 Å². The second-order valence-electron chi connectivity index (χ2n) is 4.73. The minimum Gasteiger partial charge on any atom is -0.481 e. The normalized spacial score (nSPS) is 18.1. The van der Waals surface area contributed by atoms with E-state index in [1.807, 2.05) is 0 Å². The number of ether oxygens (including phenoxy) is 1. The number of carboxylic acids is 1. The highest BCUT2D eigenvalue weighted by Gasteiger charge is 2.42. The number of hydrogen-bond donors (Lipinski definition) is 2. The molecule has 0 amide bonds. The van der Waals surface area contributed by atoms with Crippen LogP contribution in [0.4, 0.5) is 0 Å². The van der Waals surface area contributed by atoms with Gasteiger partial charge in [-0.25, -0.2) is 0 Å². The molecule has 0 bridgehead atoms. The van der Waals surface area contributed by atoms with Crippen LogP contribution in [0.1, 0.15) is 33.1 Å². The van der Waals surface area contributed by atoms with E-state index in [4.69, 9.17) is 9.84 Å². The van der Waals surface area contributed by atoms with Gasteiger partial charge >= 0.3 is 5.97 Å². The van der Waals surface area contributed by atoms with Gasteiger partial charge in [0.25, 0.3) is 0 Å². The molecule has 0 saturated heterocycles. The minimum absolute atomic E-state index is 0.105. The average molecular weight is 215 g/mol. The van der Waals surface area contributed by atoms with E-state index >= 15 is 0 Å². The van der Waals surface area contributed by atoms with E-state index < -0.39 is 5.97 Å². The first-order chi connectivity index (χ1) is 7.04. The average Bonchev–Trinajstić information content (AvgIpc) is 2.90. The summed E-state index contributed by atoms with van der Waals surface area (Å²) in [5.41, 5.74) is 0.294. The Morgan fingerprint density at radius 1 is 1.53 bits per heavy atom. The van der Waals surface area contributed by atoms with Crippen LogP contribution in [-0.4, -0.2) is 36.9 Å². The van der Waals surface area contributed by atoms with Crippen molar-refractivity contribution in [2.24, 2.45) is 5.41 Å². The van der Waals surface area contributed by atoms with Crippen LogP contribution in [0.5, 0.6) is 0 Å². The second-order valence-corrected chi connectivity index (χ2v) is 4.73. The number of aliphatic carboxylic acids is 1. The molecule has 1 aliphatic rings. The molecule has 0 aromatic rings. The molecule has 1 aliphatic carbocycles. The van der Waals surface area contributed by atoms with Gasteiger partial charge in [-0.05, 0) is 12.8 Å². The molecule has 0 aromatic heterocycles. The molecular formula is C11H21NO3. The van der Waals surface area contributed by atoms with Crippen LogP contribution < -0.4 is 5.32 Å². The van der Waals surface area contributed by atoms with Gasteiger partial charge < -0.3 is 15.2 Å². The van der Waals surface area contributed by atoms with Crippen LogP contribution in [0.3, 0.4) is 0 Å². The van der Waals surface area contributed by atoms with Gasteiger partial charge in [-0.15, -0.1) is 0 Å². The van der Waals surface area contributed by atoms with Crippen molar-refractivity contribution in [2.45, 2.75) is 39.2 Å². The van der Waals surface area contributed by atoms with Gasteiger partial charge in [0.2, 0.25) is 0 Å². The molecule has 0 unspecified atom stereocenters. The molecule has 15 heavy (non-hydrogen) atoms. The molecule has 0 spiro atoms. The van der Waals surface area contributed by atoms with Gasteiger partial charge in [0, 0.05) is 18.0 Å². The Hall–Kier alpha value is -0.610. The zero-order valence-electron chi connectivity index (χ0n) is 9.58. The fourth-order valence-electron chi connectivity index (χ4n) is 1.42. The number of nitrogens with one attached hydrogen (secondary N) is 1.